The van der Waals surface area contributed by atoms with E-state index in [4.69, 9.17) is 25.5 Å². The molecule has 4 rings (SSSR count). The fraction of sp³-hybridized carbons (Fsp3) is 0.300. The maximum Gasteiger partial charge on any atom is 0.349 e. The molecule has 0 atom stereocenters. The molecule has 1 aliphatic carbocycles. The molecule has 0 N–H and O–H groups in total. The van der Waals surface area contributed by atoms with Crippen LogP contribution >= 0.6 is 11.6 Å². The van der Waals surface area contributed by atoms with Crippen LogP contribution in [-0.4, -0.2) is 22.6 Å². The first-order valence-electron chi connectivity index (χ1n) is 9.09. The molecule has 1 aromatic heterocycles. The van der Waals surface area contributed by atoms with Gasteiger partial charge in [0.2, 0.25) is 0 Å². The first-order valence-corrected chi connectivity index (χ1v) is 9.47. The van der Waals surface area contributed by atoms with Crippen molar-refractivity contribution in [1.82, 2.24) is 0 Å². The molecule has 2 aliphatic rings. The van der Waals surface area contributed by atoms with Crippen molar-refractivity contribution >= 4 is 35.3 Å². The minimum absolute atomic E-state index is 0.142. The van der Waals surface area contributed by atoms with Crippen molar-refractivity contribution < 1.29 is 28.4 Å². The summed E-state index contributed by atoms with van der Waals surface area (Å²) in [5, 5.41) is 11.0. The summed E-state index contributed by atoms with van der Waals surface area (Å²) in [6.45, 7) is 0. The molecule has 0 bridgehead atoms. The minimum atomic E-state index is -1.15. The number of rotatable bonds is 3. The van der Waals surface area contributed by atoms with Gasteiger partial charge in [0.25, 0.3) is 11.5 Å². The molecule has 1 aromatic carbocycles. The average molecular weight is 418 g/mol. The molecule has 1 saturated carbocycles. The van der Waals surface area contributed by atoms with Crippen LogP contribution in [0.25, 0.3) is 17.4 Å². The topological polar surface area (TPSA) is 109 Å². The Morgan fingerprint density at radius 1 is 1.03 bits per heavy atom. The molecule has 9 heteroatoms. The largest absolute Gasteiger partial charge is 0.457 e. The lowest BCUT2D eigenvalue weighted by Gasteiger charge is -2.38. The van der Waals surface area contributed by atoms with E-state index >= 15 is 0 Å². The molecule has 0 amide bonds. The monoisotopic (exact) mass is 417 g/mol. The quantitative estimate of drug-likeness (QED) is 0.235. The second-order valence-electron chi connectivity index (χ2n) is 6.93. The fourth-order valence-corrected chi connectivity index (χ4v) is 3.77. The van der Waals surface area contributed by atoms with Gasteiger partial charge in [0, 0.05) is 36.6 Å². The first-order chi connectivity index (χ1) is 13.9. The van der Waals surface area contributed by atoms with E-state index < -0.39 is 22.6 Å². The van der Waals surface area contributed by atoms with Gasteiger partial charge in [-0.3, -0.25) is 10.1 Å². The number of carbonyl (C=O) groups is 2. The molecule has 2 fully saturated rings. The summed E-state index contributed by atoms with van der Waals surface area (Å²) < 4.78 is 16.5. The van der Waals surface area contributed by atoms with Crippen molar-refractivity contribution in [3.63, 3.8) is 0 Å². The highest BCUT2D eigenvalue weighted by molar-refractivity contribution is 6.33. The number of furan rings is 1. The second-order valence-corrected chi connectivity index (χ2v) is 7.34. The molecule has 1 spiro atoms. The summed E-state index contributed by atoms with van der Waals surface area (Å²) in [5.74, 6) is -2.08. The van der Waals surface area contributed by atoms with Crippen LogP contribution in [0.15, 0.2) is 40.3 Å². The summed E-state index contributed by atoms with van der Waals surface area (Å²) in [4.78, 5) is 35.1. The van der Waals surface area contributed by atoms with Gasteiger partial charge < -0.3 is 13.9 Å². The van der Waals surface area contributed by atoms with Crippen LogP contribution in [0.3, 0.4) is 0 Å². The van der Waals surface area contributed by atoms with Gasteiger partial charge in [0.15, 0.2) is 0 Å². The number of esters is 2. The van der Waals surface area contributed by atoms with E-state index in [1.807, 2.05) is 0 Å². The lowest BCUT2D eigenvalue weighted by atomic mass is 9.93. The Hall–Kier alpha value is -3.13. The van der Waals surface area contributed by atoms with E-state index in [9.17, 15) is 19.7 Å². The van der Waals surface area contributed by atoms with Crippen molar-refractivity contribution in [3.05, 3.63) is 56.8 Å². The Morgan fingerprint density at radius 3 is 2.34 bits per heavy atom. The van der Waals surface area contributed by atoms with Crippen molar-refractivity contribution in [3.8, 4) is 11.3 Å². The van der Waals surface area contributed by atoms with Gasteiger partial charge in [-0.05, 0) is 31.0 Å². The van der Waals surface area contributed by atoms with E-state index in [1.54, 1.807) is 12.1 Å². The number of halogens is 1. The van der Waals surface area contributed by atoms with Crippen LogP contribution in [0.5, 0.6) is 0 Å². The normalized spacial score (nSPS) is 18.3. The minimum Gasteiger partial charge on any atom is -0.457 e. The van der Waals surface area contributed by atoms with Gasteiger partial charge in [0.1, 0.15) is 17.1 Å². The Kier molecular flexibility index (Phi) is 4.87. The maximum atomic E-state index is 12.4. The van der Waals surface area contributed by atoms with Gasteiger partial charge in [-0.2, -0.15) is 0 Å². The predicted octanol–water partition coefficient (Wildman–Crippen LogP) is 4.65. The zero-order valence-electron chi connectivity index (χ0n) is 15.2. The summed E-state index contributed by atoms with van der Waals surface area (Å²) in [6, 6.07) is 7.12. The molecule has 1 aliphatic heterocycles. The van der Waals surface area contributed by atoms with E-state index in [-0.39, 0.29) is 22.0 Å². The first kappa shape index (κ1) is 19.2. The molecule has 2 aromatic rings. The van der Waals surface area contributed by atoms with E-state index in [2.05, 4.69) is 0 Å². The van der Waals surface area contributed by atoms with Crippen molar-refractivity contribution in [2.24, 2.45) is 0 Å². The number of nitrogens with zero attached hydrogens (tertiary/aromatic N) is 1. The number of ether oxygens (including phenoxy) is 2. The summed E-state index contributed by atoms with van der Waals surface area (Å²) in [7, 11) is 0. The lowest BCUT2D eigenvalue weighted by Crippen LogP contribution is -2.47. The van der Waals surface area contributed by atoms with Gasteiger partial charge in [-0.15, -0.1) is 0 Å². The van der Waals surface area contributed by atoms with Crippen LogP contribution in [-0.2, 0) is 19.1 Å². The highest BCUT2D eigenvalue weighted by atomic mass is 35.5. The fourth-order valence-electron chi connectivity index (χ4n) is 3.50. The van der Waals surface area contributed by atoms with E-state index in [1.165, 1.54) is 24.3 Å². The van der Waals surface area contributed by atoms with Crippen LogP contribution in [0.1, 0.15) is 37.9 Å². The Bertz CT molecular complexity index is 1010. The predicted molar refractivity (Wildman–Crippen MR) is 102 cm³/mol. The Balaban J connectivity index is 1.57. The summed E-state index contributed by atoms with van der Waals surface area (Å²) in [6.07, 6.45) is 4.93. The number of carbonyl (C=O) groups excluding carboxylic acids is 2. The SMILES string of the molecule is O=C1OC2(CCCCC2)OC(=O)C1=Cc1ccc(-c2ccc([N+](=O)[O-])cc2Cl)o1. The number of nitro benzene ring substituents is 1. The molecular formula is C20H16ClNO7. The van der Waals surface area contributed by atoms with Gasteiger partial charge in [0.05, 0.1) is 9.95 Å². The summed E-state index contributed by atoms with van der Waals surface area (Å²) >= 11 is 6.11. The zero-order chi connectivity index (χ0) is 20.6. The van der Waals surface area contributed by atoms with Crippen LogP contribution in [0, 0.1) is 10.1 Å². The summed E-state index contributed by atoms with van der Waals surface area (Å²) in [5.41, 5.74) is 0.0470. The molecule has 0 unspecified atom stereocenters. The molecular weight excluding hydrogens is 402 g/mol. The molecule has 2 heterocycles. The van der Waals surface area contributed by atoms with Crippen LogP contribution in [0.4, 0.5) is 5.69 Å². The highest BCUT2D eigenvalue weighted by Gasteiger charge is 2.46. The lowest BCUT2D eigenvalue weighted by molar-refractivity contribution is -0.384. The van der Waals surface area contributed by atoms with Crippen LogP contribution < -0.4 is 0 Å². The van der Waals surface area contributed by atoms with Crippen molar-refractivity contribution in [1.29, 1.82) is 0 Å². The molecule has 1 saturated heterocycles. The Labute approximate surface area is 170 Å². The third-order valence-corrected chi connectivity index (χ3v) is 5.27. The van der Waals surface area contributed by atoms with E-state index in [0.717, 1.165) is 19.3 Å². The van der Waals surface area contributed by atoms with Crippen molar-refractivity contribution in [2.45, 2.75) is 37.9 Å². The third kappa shape index (κ3) is 3.75. The Morgan fingerprint density at radius 2 is 1.72 bits per heavy atom. The number of nitro groups is 1. The standard InChI is InChI=1S/C20H16ClNO7/c21-16-10-12(22(25)26)4-6-14(16)17-7-5-13(27-17)11-15-18(23)28-20(29-19(15)24)8-2-1-3-9-20/h4-7,10-11H,1-3,8-9H2. The number of hydrogen-bond acceptors (Lipinski definition) is 7. The van der Waals surface area contributed by atoms with Gasteiger partial charge in [-0.1, -0.05) is 18.0 Å². The molecule has 0 radical (unpaired) electrons. The van der Waals surface area contributed by atoms with E-state index in [0.29, 0.717) is 24.2 Å². The zero-order valence-corrected chi connectivity index (χ0v) is 15.9. The smallest absolute Gasteiger partial charge is 0.349 e. The van der Waals surface area contributed by atoms with Gasteiger partial charge >= 0.3 is 11.9 Å². The van der Waals surface area contributed by atoms with Crippen LogP contribution in [0.2, 0.25) is 5.02 Å². The second kappa shape index (κ2) is 7.36. The molecule has 29 heavy (non-hydrogen) atoms. The average Bonchev–Trinajstić information content (AvgIpc) is 3.13. The van der Waals surface area contributed by atoms with Crippen molar-refractivity contribution in [2.75, 3.05) is 0 Å². The highest BCUT2D eigenvalue weighted by Crippen LogP contribution is 2.38. The van der Waals surface area contributed by atoms with Gasteiger partial charge in [-0.25, -0.2) is 9.59 Å². The number of benzene rings is 1. The third-order valence-electron chi connectivity index (χ3n) is 4.95. The molecule has 8 nitrogen and oxygen atoms in total. The molecule has 150 valence electrons. The maximum absolute atomic E-state index is 12.4. The number of hydrogen-bond donors (Lipinski definition) is 0. The number of non-ortho nitro benzene ring substituents is 1.